The first-order valence-electron chi connectivity index (χ1n) is 9.08. The van der Waals surface area contributed by atoms with Crippen LogP contribution in [-0.4, -0.2) is 21.6 Å². The van der Waals surface area contributed by atoms with Crippen molar-refractivity contribution in [2.75, 3.05) is 11.1 Å². The fourth-order valence-corrected chi connectivity index (χ4v) is 5.39. The largest absolute Gasteiger partial charge is 0.325 e. The molecule has 27 heavy (non-hydrogen) atoms. The highest BCUT2D eigenvalue weighted by Crippen LogP contribution is 2.33. The van der Waals surface area contributed by atoms with Crippen molar-refractivity contribution in [3.05, 3.63) is 56.4 Å². The quantitative estimate of drug-likeness (QED) is 0.679. The van der Waals surface area contributed by atoms with Crippen molar-refractivity contribution in [1.82, 2.24) is 9.97 Å². The number of thioether (sulfide) groups is 1. The predicted molar refractivity (Wildman–Crippen MR) is 113 cm³/mol. The molecule has 7 heteroatoms. The Morgan fingerprint density at radius 1 is 1.30 bits per heavy atom. The third-order valence-electron chi connectivity index (χ3n) is 4.77. The molecule has 0 unspecified atom stereocenters. The number of nitrogens with zero attached hydrogens (tertiary/aromatic N) is 1. The predicted octanol–water partition coefficient (Wildman–Crippen LogP) is 4.04. The van der Waals surface area contributed by atoms with E-state index in [1.165, 1.54) is 28.6 Å². The van der Waals surface area contributed by atoms with Crippen LogP contribution in [0.4, 0.5) is 5.69 Å². The van der Waals surface area contributed by atoms with E-state index in [4.69, 9.17) is 0 Å². The smallest absolute Gasteiger partial charge is 0.259 e. The van der Waals surface area contributed by atoms with Crippen LogP contribution in [0.25, 0.3) is 10.2 Å². The van der Waals surface area contributed by atoms with E-state index in [0.717, 1.165) is 40.7 Å². The second kappa shape index (κ2) is 7.86. The Balaban J connectivity index is 1.41. The Bertz CT molecular complexity index is 1060. The lowest BCUT2D eigenvalue weighted by Crippen LogP contribution is -2.16. The molecular weight excluding hydrogens is 378 g/mol. The van der Waals surface area contributed by atoms with Gasteiger partial charge in [0.2, 0.25) is 5.91 Å². The topological polar surface area (TPSA) is 74.8 Å². The van der Waals surface area contributed by atoms with Crippen LogP contribution in [0.1, 0.15) is 34.7 Å². The van der Waals surface area contributed by atoms with Crippen LogP contribution in [0.2, 0.25) is 0 Å². The maximum atomic E-state index is 12.5. The third-order valence-corrected chi connectivity index (χ3v) is 6.89. The number of fused-ring (bicyclic) bond motifs is 3. The third kappa shape index (κ3) is 3.94. The van der Waals surface area contributed by atoms with Gasteiger partial charge in [-0.3, -0.25) is 9.59 Å². The molecule has 0 bridgehead atoms. The van der Waals surface area contributed by atoms with Crippen molar-refractivity contribution in [1.29, 1.82) is 0 Å². The fraction of sp³-hybridized carbons (Fsp3) is 0.350. The van der Waals surface area contributed by atoms with Crippen molar-refractivity contribution in [3.63, 3.8) is 0 Å². The number of H-pyrrole nitrogens is 1. The van der Waals surface area contributed by atoms with E-state index >= 15 is 0 Å². The molecule has 2 N–H and O–H groups in total. The number of aromatic nitrogens is 2. The molecule has 1 aliphatic rings. The van der Waals surface area contributed by atoms with Gasteiger partial charge in [-0.25, -0.2) is 4.98 Å². The van der Waals surface area contributed by atoms with Gasteiger partial charge in [-0.2, -0.15) is 0 Å². The molecule has 0 saturated carbocycles. The average molecular weight is 400 g/mol. The molecule has 4 rings (SSSR count). The van der Waals surface area contributed by atoms with E-state index in [0.29, 0.717) is 17.3 Å². The van der Waals surface area contributed by atoms with Gasteiger partial charge in [0.25, 0.3) is 5.56 Å². The zero-order valence-corrected chi connectivity index (χ0v) is 16.8. The van der Waals surface area contributed by atoms with Crippen LogP contribution in [0, 0.1) is 6.92 Å². The van der Waals surface area contributed by atoms with Gasteiger partial charge in [0.1, 0.15) is 10.7 Å². The number of para-hydroxylation sites is 1. The summed E-state index contributed by atoms with van der Waals surface area (Å²) in [5.41, 5.74) is 3.03. The molecule has 3 aromatic rings. The first-order chi connectivity index (χ1) is 13.1. The van der Waals surface area contributed by atoms with Crippen molar-refractivity contribution in [2.45, 2.75) is 38.4 Å². The summed E-state index contributed by atoms with van der Waals surface area (Å²) in [6.07, 6.45) is 4.37. The number of carbonyl (C=O) groups excluding carboxylic acids is 1. The van der Waals surface area contributed by atoms with Crippen molar-refractivity contribution < 1.29 is 4.79 Å². The Morgan fingerprint density at radius 3 is 2.96 bits per heavy atom. The van der Waals surface area contributed by atoms with Crippen molar-refractivity contribution >= 4 is 44.9 Å². The number of hydrogen-bond donors (Lipinski definition) is 2. The number of benzene rings is 1. The number of rotatable bonds is 5. The maximum absolute atomic E-state index is 12.5. The average Bonchev–Trinajstić information content (AvgIpc) is 3.02. The van der Waals surface area contributed by atoms with E-state index in [-0.39, 0.29) is 11.5 Å². The summed E-state index contributed by atoms with van der Waals surface area (Å²) in [6, 6.07) is 7.71. The Kier molecular flexibility index (Phi) is 5.31. The lowest BCUT2D eigenvalue weighted by molar-refractivity contribution is -0.113. The first-order valence-corrected chi connectivity index (χ1v) is 11.1. The second-order valence-electron chi connectivity index (χ2n) is 6.76. The van der Waals surface area contributed by atoms with Crippen LogP contribution in [0.3, 0.4) is 0 Å². The van der Waals surface area contributed by atoms with Crippen LogP contribution in [-0.2, 0) is 23.4 Å². The molecule has 140 valence electrons. The zero-order chi connectivity index (χ0) is 18.8. The molecule has 0 spiro atoms. The molecule has 1 amide bonds. The van der Waals surface area contributed by atoms with Crippen LogP contribution >= 0.6 is 23.1 Å². The summed E-state index contributed by atoms with van der Waals surface area (Å²) in [7, 11) is 0. The minimum absolute atomic E-state index is 0.0423. The van der Waals surface area contributed by atoms with Gasteiger partial charge in [-0.15, -0.1) is 23.1 Å². The number of amides is 1. The summed E-state index contributed by atoms with van der Waals surface area (Å²) in [4.78, 5) is 34.4. The highest BCUT2D eigenvalue weighted by Gasteiger charge is 2.19. The highest BCUT2D eigenvalue weighted by atomic mass is 32.2. The first kappa shape index (κ1) is 18.3. The Labute approximate surface area is 165 Å². The van der Waals surface area contributed by atoms with Crippen LogP contribution < -0.4 is 10.9 Å². The number of aromatic amines is 1. The lowest BCUT2D eigenvalue weighted by atomic mass is 9.97. The summed E-state index contributed by atoms with van der Waals surface area (Å²) < 4.78 is 0. The fourth-order valence-electron chi connectivity index (χ4n) is 3.42. The Hall–Kier alpha value is -2.12. The zero-order valence-electron chi connectivity index (χ0n) is 15.1. The number of carbonyl (C=O) groups is 1. The molecule has 0 fully saturated rings. The van der Waals surface area contributed by atoms with Gasteiger partial charge in [0, 0.05) is 10.6 Å². The SMILES string of the molecule is Cc1ccccc1NC(=O)CSCc1nc2sc3c(c2c(=O)[nH]1)CCCC3. The molecule has 0 radical (unpaired) electrons. The minimum Gasteiger partial charge on any atom is -0.325 e. The number of aryl methyl sites for hydroxylation is 3. The van der Waals surface area contributed by atoms with Crippen molar-refractivity contribution in [3.8, 4) is 0 Å². The van der Waals surface area contributed by atoms with E-state index in [2.05, 4.69) is 15.3 Å². The van der Waals surface area contributed by atoms with Gasteiger partial charge >= 0.3 is 0 Å². The molecule has 5 nitrogen and oxygen atoms in total. The van der Waals surface area contributed by atoms with Gasteiger partial charge in [-0.05, 0) is 49.8 Å². The van der Waals surface area contributed by atoms with Gasteiger partial charge in [0.15, 0.2) is 0 Å². The summed E-state index contributed by atoms with van der Waals surface area (Å²) >= 11 is 3.10. The number of anilines is 1. The molecular formula is C20H21N3O2S2. The van der Waals surface area contributed by atoms with E-state index in [1.54, 1.807) is 11.3 Å². The molecule has 1 aromatic carbocycles. The summed E-state index contributed by atoms with van der Waals surface area (Å²) in [5, 5.41) is 3.70. The summed E-state index contributed by atoms with van der Waals surface area (Å²) in [6.45, 7) is 1.97. The molecule has 0 atom stereocenters. The van der Waals surface area contributed by atoms with Crippen molar-refractivity contribution in [2.24, 2.45) is 0 Å². The van der Waals surface area contributed by atoms with Crippen LogP contribution in [0.15, 0.2) is 29.1 Å². The second-order valence-corrected chi connectivity index (χ2v) is 8.83. The Morgan fingerprint density at radius 2 is 2.11 bits per heavy atom. The highest BCUT2D eigenvalue weighted by molar-refractivity contribution is 7.99. The molecule has 0 aliphatic heterocycles. The number of thiophene rings is 1. The normalized spacial score (nSPS) is 13.5. The van der Waals surface area contributed by atoms with Gasteiger partial charge in [0.05, 0.1) is 16.9 Å². The lowest BCUT2D eigenvalue weighted by Gasteiger charge is -2.09. The van der Waals surface area contributed by atoms with E-state index in [9.17, 15) is 9.59 Å². The van der Waals surface area contributed by atoms with Gasteiger partial charge < -0.3 is 10.3 Å². The minimum atomic E-state index is -0.0516. The molecule has 1 aliphatic carbocycles. The monoisotopic (exact) mass is 399 g/mol. The molecule has 0 saturated heterocycles. The molecule has 2 heterocycles. The molecule has 2 aromatic heterocycles. The van der Waals surface area contributed by atoms with E-state index < -0.39 is 0 Å². The maximum Gasteiger partial charge on any atom is 0.259 e. The van der Waals surface area contributed by atoms with Crippen LogP contribution in [0.5, 0.6) is 0 Å². The standard InChI is InChI=1S/C20H21N3O2S2/c1-12-6-2-4-8-14(12)21-17(24)11-26-10-16-22-19(25)18-13-7-3-5-9-15(13)27-20(18)23-16/h2,4,6,8H,3,5,7,9-11H2,1H3,(H,21,24)(H,22,23,25). The van der Waals surface area contributed by atoms with E-state index in [1.807, 2.05) is 31.2 Å². The number of hydrogen-bond acceptors (Lipinski definition) is 5. The number of nitrogens with one attached hydrogen (secondary N) is 2. The van der Waals surface area contributed by atoms with Gasteiger partial charge in [-0.1, -0.05) is 18.2 Å². The summed E-state index contributed by atoms with van der Waals surface area (Å²) in [5.74, 6) is 1.41.